The Hall–Kier alpha value is -3.19. The van der Waals surface area contributed by atoms with E-state index in [1.807, 2.05) is 37.3 Å². The van der Waals surface area contributed by atoms with Crippen molar-refractivity contribution in [1.82, 2.24) is 9.97 Å². The van der Waals surface area contributed by atoms with Gasteiger partial charge >= 0.3 is 0 Å². The zero-order chi connectivity index (χ0) is 20.4. The van der Waals surface area contributed by atoms with Crippen LogP contribution in [0.2, 0.25) is 0 Å². The van der Waals surface area contributed by atoms with Gasteiger partial charge in [0.2, 0.25) is 5.91 Å². The maximum Gasteiger partial charge on any atom is 0.233 e. The van der Waals surface area contributed by atoms with Crippen LogP contribution in [0.3, 0.4) is 0 Å². The Bertz CT molecular complexity index is 1180. The lowest BCUT2D eigenvalue weighted by Gasteiger charge is -2.19. The second-order valence-electron chi connectivity index (χ2n) is 6.70. The molecule has 0 saturated carbocycles. The Kier molecular flexibility index (Phi) is 5.31. The predicted octanol–water partition coefficient (Wildman–Crippen LogP) is 5.05. The number of aromatic nitrogens is 2. The van der Waals surface area contributed by atoms with Crippen molar-refractivity contribution in [1.29, 1.82) is 0 Å². The fourth-order valence-electron chi connectivity index (χ4n) is 3.07. The highest BCUT2D eigenvalue weighted by molar-refractivity contribution is 7.22. The zero-order valence-electron chi connectivity index (χ0n) is 15.6. The quantitative estimate of drug-likeness (QED) is 0.463. The van der Waals surface area contributed by atoms with Crippen LogP contribution in [0.5, 0.6) is 0 Å². The summed E-state index contributed by atoms with van der Waals surface area (Å²) in [6.45, 7) is 2.15. The molecule has 0 fully saturated rings. The summed E-state index contributed by atoms with van der Waals surface area (Å²) >= 11 is 1.08. The number of rotatable bonds is 5. The summed E-state index contributed by atoms with van der Waals surface area (Å²) < 4.78 is 28.1. The number of halogens is 2. The predicted molar refractivity (Wildman–Crippen MR) is 110 cm³/mol. The lowest BCUT2D eigenvalue weighted by atomic mass is 10.1. The van der Waals surface area contributed by atoms with E-state index in [1.54, 1.807) is 18.3 Å². The van der Waals surface area contributed by atoms with E-state index in [4.69, 9.17) is 0 Å². The minimum atomic E-state index is -0.744. The van der Waals surface area contributed by atoms with Crippen molar-refractivity contribution in [2.75, 3.05) is 4.90 Å². The molecule has 4 aromatic rings. The van der Waals surface area contributed by atoms with Crippen molar-refractivity contribution in [3.8, 4) is 0 Å². The molecule has 2 aromatic carbocycles. The highest BCUT2D eigenvalue weighted by Gasteiger charge is 2.22. The third-order valence-electron chi connectivity index (χ3n) is 4.42. The third kappa shape index (κ3) is 4.30. The van der Waals surface area contributed by atoms with Crippen molar-refractivity contribution in [3.63, 3.8) is 0 Å². The molecule has 29 heavy (non-hydrogen) atoms. The number of hydrogen-bond acceptors (Lipinski definition) is 4. The molecule has 4 nitrogen and oxygen atoms in total. The first kappa shape index (κ1) is 19.1. The van der Waals surface area contributed by atoms with Crippen molar-refractivity contribution >= 4 is 32.6 Å². The molecule has 7 heteroatoms. The number of amides is 1. The number of fused-ring (bicyclic) bond motifs is 1. The van der Waals surface area contributed by atoms with E-state index in [1.165, 1.54) is 11.0 Å². The van der Waals surface area contributed by atoms with Gasteiger partial charge in [0.1, 0.15) is 11.3 Å². The van der Waals surface area contributed by atoms with Gasteiger partial charge in [0.15, 0.2) is 10.9 Å². The first-order valence-electron chi connectivity index (χ1n) is 9.01. The van der Waals surface area contributed by atoms with E-state index in [-0.39, 0.29) is 24.4 Å². The third-order valence-corrected chi connectivity index (χ3v) is 5.44. The fraction of sp³-hybridized carbons (Fsp3) is 0.136. The Labute approximate surface area is 170 Å². The standard InChI is InChI=1S/C22H17F2N3OS/c1-14-5-4-6-15(9-14)10-20(28)27(13-17-7-2-3-8-25-17)22-26-21-18(24)11-16(23)12-19(21)29-22/h2-9,11-12H,10,13H2,1H3. The van der Waals surface area contributed by atoms with Gasteiger partial charge in [-0.15, -0.1) is 0 Å². The van der Waals surface area contributed by atoms with Gasteiger partial charge in [-0.3, -0.25) is 14.7 Å². The molecule has 0 aliphatic rings. The molecule has 0 saturated heterocycles. The minimum Gasteiger partial charge on any atom is -0.282 e. The molecule has 0 unspecified atom stereocenters. The monoisotopic (exact) mass is 409 g/mol. The zero-order valence-corrected chi connectivity index (χ0v) is 16.4. The van der Waals surface area contributed by atoms with Crippen molar-refractivity contribution in [2.24, 2.45) is 0 Å². The van der Waals surface area contributed by atoms with Crippen LogP contribution in [0.15, 0.2) is 60.8 Å². The van der Waals surface area contributed by atoms with E-state index in [0.717, 1.165) is 28.5 Å². The van der Waals surface area contributed by atoms with E-state index < -0.39 is 11.6 Å². The van der Waals surface area contributed by atoms with E-state index in [0.29, 0.717) is 15.5 Å². The summed E-state index contributed by atoms with van der Waals surface area (Å²) in [6, 6.07) is 15.1. The van der Waals surface area contributed by atoms with E-state index >= 15 is 0 Å². The normalized spacial score (nSPS) is 11.0. The first-order valence-corrected chi connectivity index (χ1v) is 9.82. The average Bonchev–Trinajstić information content (AvgIpc) is 3.11. The number of anilines is 1. The Morgan fingerprint density at radius 1 is 1.10 bits per heavy atom. The van der Waals surface area contributed by atoms with Gasteiger partial charge in [-0.25, -0.2) is 13.8 Å². The summed E-state index contributed by atoms with van der Waals surface area (Å²) in [5.41, 5.74) is 2.67. The molecule has 146 valence electrons. The summed E-state index contributed by atoms with van der Waals surface area (Å²) in [7, 11) is 0. The van der Waals surface area contributed by atoms with Crippen molar-refractivity contribution in [3.05, 3.63) is 89.2 Å². The van der Waals surface area contributed by atoms with Crippen LogP contribution in [0, 0.1) is 18.6 Å². The van der Waals surface area contributed by atoms with E-state index in [9.17, 15) is 13.6 Å². The highest BCUT2D eigenvalue weighted by Crippen LogP contribution is 2.32. The summed E-state index contributed by atoms with van der Waals surface area (Å²) in [5.74, 6) is -1.61. The highest BCUT2D eigenvalue weighted by atomic mass is 32.1. The van der Waals surface area contributed by atoms with Gasteiger partial charge in [0.25, 0.3) is 0 Å². The van der Waals surface area contributed by atoms with Gasteiger partial charge < -0.3 is 0 Å². The maximum absolute atomic E-state index is 14.1. The largest absolute Gasteiger partial charge is 0.282 e. The number of benzene rings is 2. The number of aryl methyl sites for hydroxylation is 1. The first-order chi connectivity index (χ1) is 14.0. The number of hydrogen-bond donors (Lipinski definition) is 0. The molecular weight excluding hydrogens is 392 g/mol. The van der Waals surface area contributed by atoms with Gasteiger partial charge in [-0.1, -0.05) is 47.2 Å². The Morgan fingerprint density at radius 3 is 2.72 bits per heavy atom. The van der Waals surface area contributed by atoms with Crippen LogP contribution in [0.25, 0.3) is 10.2 Å². The fourth-order valence-corrected chi connectivity index (χ4v) is 4.09. The summed E-state index contributed by atoms with van der Waals surface area (Å²) in [5, 5.41) is 0.313. The van der Waals surface area contributed by atoms with Crippen molar-refractivity contribution in [2.45, 2.75) is 19.9 Å². The molecule has 0 atom stereocenters. The molecule has 0 spiro atoms. The summed E-state index contributed by atoms with van der Waals surface area (Å²) in [4.78, 5) is 23.2. The second kappa shape index (κ2) is 8.05. The molecular formula is C22H17F2N3OS. The topological polar surface area (TPSA) is 46.1 Å². The molecule has 0 N–H and O–H groups in total. The van der Waals surface area contributed by atoms with Crippen LogP contribution < -0.4 is 4.90 Å². The van der Waals surface area contributed by atoms with Gasteiger partial charge in [0, 0.05) is 12.3 Å². The van der Waals surface area contributed by atoms with Crippen LogP contribution in [0.1, 0.15) is 16.8 Å². The Balaban J connectivity index is 1.72. The summed E-state index contributed by atoms with van der Waals surface area (Å²) in [6.07, 6.45) is 1.81. The van der Waals surface area contributed by atoms with Crippen LogP contribution in [0.4, 0.5) is 13.9 Å². The molecule has 0 bridgehead atoms. The van der Waals surface area contributed by atoms with Crippen LogP contribution in [-0.4, -0.2) is 15.9 Å². The van der Waals surface area contributed by atoms with Crippen molar-refractivity contribution < 1.29 is 13.6 Å². The molecule has 1 amide bonds. The average molecular weight is 409 g/mol. The van der Waals surface area contributed by atoms with Gasteiger partial charge in [-0.05, 0) is 30.7 Å². The minimum absolute atomic E-state index is 0.0563. The number of pyridine rings is 1. The number of thiazole rings is 1. The smallest absolute Gasteiger partial charge is 0.233 e. The van der Waals surface area contributed by atoms with Gasteiger partial charge in [-0.2, -0.15) is 0 Å². The Morgan fingerprint density at radius 2 is 1.97 bits per heavy atom. The van der Waals surface area contributed by atoms with Crippen LogP contribution in [-0.2, 0) is 17.8 Å². The molecule has 0 aliphatic carbocycles. The molecule has 4 rings (SSSR count). The molecule has 2 aromatic heterocycles. The molecule has 2 heterocycles. The SMILES string of the molecule is Cc1cccc(CC(=O)N(Cc2ccccn2)c2nc3c(F)cc(F)cc3s2)c1. The number of carbonyl (C=O) groups excluding carboxylic acids is 1. The lowest BCUT2D eigenvalue weighted by Crippen LogP contribution is -2.32. The van der Waals surface area contributed by atoms with E-state index in [2.05, 4.69) is 9.97 Å². The second-order valence-corrected chi connectivity index (χ2v) is 7.71. The van der Waals surface area contributed by atoms with Gasteiger partial charge in [0.05, 0.1) is 23.4 Å². The molecule has 0 aliphatic heterocycles. The number of nitrogens with zero attached hydrogens (tertiary/aromatic N) is 3. The number of carbonyl (C=O) groups is 1. The lowest BCUT2D eigenvalue weighted by molar-refractivity contribution is -0.118. The maximum atomic E-state index is 14.1. The molecule has 0 radical (unpaired) electrons. The van der Waals surface area contributed by atoms with Crippen LogP contribution >= 0.6 is 11.3 Å².